The van der Waals surface area contributed by atoms with Gasteiger partial charge in [0.05, 0.1) is 25.9 Å². The van der Waals surface area contributed by atoms with E-state index in [9.17, 15) is 45.3 Å². The summed E-state index contributed by atoms with van der Waals surface area (Å²) in [5, 5.41) is 76.8. The van der Waals surface area contributed by atoms with Crippen molar-refractivity contribution in [1.82, 2.24) is 5.32 Å². The minimum Gasteiger partial charge on any atom is -0.497 e. The molecule has 1 amide bonds. The first-order valence-corrected chi connectivity index (χ1v) is 18.0. The molecule has 1 saturated carbocycles. The van der Waals surface area contributed by atoms with Gasteiger partial charge in [-0.2, -0.15) is 0 Å². The highest BCUT2D eigenvalue weighted by Gasteiger charge is 2.51. The van der Waals surface area contributed by atoms with E-state index >= 15 is 0 Å². The summed E-state index contributed by atoms with van der Waals surface area (Å²) in [6.45, 7) is 0.732. The van der Waals surface area contributed by atoms with E-state index in [4.69, 9.17) is 33.2 Å². The number of aliphatic hydroxyl groups is 6. The summed E-state index contributed by atoms with van der Waals surface area (Å²) in [6.07, 6.45) is -14.3. The lowest BCUT2D eigenvalue weighted by atomic mass is 9.85. The molecule has 0 radical (unpaired) electrons. The second kappa shape index (κ2) is 18.7. The number of rotatable bonds is 14. The predicted molar refractivity (Wildman–Crippen MR) is 177 cm³/mol. The lowest BCUT2D eigenvalue weighted by molar-refractivity contribution is -0.355. The van der Waals surface area contributed by atoms with E-state index < -0.39 is 104 Å². The molecule has 0 spiro atoms. The molecule has 3 heterocycles. The zero-order valence-electron chi connectivity index (χ0n) is 29.3. The smallest absolute Gasteiger partial charge is 0.332 e. The predicted octanol–water partition coefficient (Wildman–Crippen LogP) is -0.940. The Labute approximate surface area is 301 Å². The van der Waals surface area contributed by atoms with E-state index in [2.05, 4.69) is 5.32 Å². The topological polar surface area (TPSA) is 252 Å². The molecule has 52 heavy (non-hydrogen) atoms. The fourth-order valence-electron chi connectivity index (χ4n) is 7.28. The van der Waals surface area contributed by atoms with Crippen LogP contribution in [-0.2, 0) is 33.2 Å². The summed E-state index contributed by atoms with van der Waals surface area (Å²) in [5.41, 5.74) is 0.334. The van der Waals surface area contributed by atoms with E-state index in [1.807, 2.05) is 0 Å². The molecular weight excluding hydrogens is 690 g/mol. The number of carbonyl (C=O) groups excluding carboxylic acids is 1. The lowest BCUT2D eigenvalue weighted by Crippen LogP contribution is -2.64. The minimum absolute atomic E-state index is 0.0801. The molecule has 3 unspecified atom stereocenters. The number of aliphatic carboxylic acids is 1. The molecule has 8 N–H and O–H groups in total. The van der Waals surface area contributed by atoms with Crippen LogP contribution in [-0.4, -0.2) is 160 Å². The van der Waals surface area contributed by atoms with Gasteiger partial charge in [0, 0.05) is 18.7 Å². The zero-order chi connectivity index (χ0) is 37.5. The first-order valence-electron chi connectivity index (χ1n) is 18.0. The molecule has 4 aliphatic rings. The second-order valence-corrected chi connectivity index (χ2v) is 14.0. The Morgan fingerprint density at radius 1 is 0.846 bits per heavy atom. The van der Waals surface area contributed by atoms with Gasteiger partial charge in [-0.25, -0.2) is 4.79 Å². The number of aliphatic hydroxyl groups excluding tert-OH is 6. The second-order valence-electron chi connectivity index (χ2n) is 14.0. The Morgan fingerprint density at radius 3 is 2.19 bits per heavy atom. The van der Waals surface area contributed by atoms with Crippen molar-refractivity contribution in [1.29, 1.82) is 0 Å². The molecular formula is C35H53NO16. The van der Waals surface area contributed by atoms with Crippen LogP contribution in [0, 0.1) is 5.92 Å². The first-order chi connectivity index (χ1) is 24.9. The van der Waals surface area contributed by atoms with Crippen molar-refractivity contribution in [3.8, 4) is 5.75 Å². The summed E-state index contributed by atoms with van der Waals surface area (Å²) < 4.78 is 40.9. The van der Waals surface area contributed by atoms with Gasteiger partial charge in [0.15, 0.2) is 18.7 Å². The Bertz CT molecular complexity index is 1280. The van der Waals surface area contributed by atoms with Crippen LogP contribution in [0.1, 0.15) is 62.2 Å². The van der Waals surface area contributed by atoms with Crippen LogP contribution in [0.15, 0.2) is 24.3 Å². The van der Waals surface area contributed by atoms with Crippen molar-refractivity contribution in [2.45, 2.75) is 138 Å². The third kappa shape index (κ3) is 9.77. The van der Waals surface area contributed by atoms with Crippen molar-refractivity contribution < 1.29 is 78.5 Å². The molecule has 3 aliphatic heterocycles. The number of benzene rings is 1. The molecule has 0 bridgehead atoms. The normalized spacial score (nSPS) is 38.0. The third-order valence-electron chi connectivity index (χ3n) is 10.4. The highest BCUT2D eigenvalue weighted by atomic mass is 16.7. The van der Waals surface area contributed by atoms with Crippen LogP contribution in [0.2, 0.25) is 0 Å². The van der Waals surface area contributed by atoms with Gasteiger partial charge in [-0.05, 0) is 49.9 Å². The molecule has 17 heteroatoms. The van der Waals surface area contributed by atoms with E-state index in [1.165, 1.54) is 14.0 Å². The fourth-order valence-corrected chi connectivity index (χ4v) is 7.28. The molecule has 294 valence electrons. The number of carboxylic acids is 1. The Balaban J connectivity index is 1.34. The molecule has 1 aliphatic carbocycles. The number of carboxylic acid groups (broad SMARTS) is 1. The maximum absolute atomic E-state index is 13.0. The van der Waals surface area contributed by atoms with Crippen LogP contribution in [0.3, 0.4) is 0 Å². The SMILES string of the molecule is COc1ccc(C(=O)NC[C@H]2OCC[C@@H](O[C@@H]3O[C@H](CO)[C@H](O)[C@H](OC(CC4CCCCC4)C(=O)O)[C@H]3O)C2OC2O[C@@H](C)[C@@H](O)[C@@H](O)[C@@H]2O)cc1. The number of amides is 1. The molecule has 1 aromatic carbocycles. The monoisotopic (exact) mass is 743 g/mol. The van der Waals surface area contributed by atoms with Gasteiger partial charge < -0.3 is 74.2 Å². The molecule has 0 aromatic heterocycles. The molecule has 4 fully saturated rings. The van der Waals surface area contributed by atoms with E-state index in [-0.39, 0.29) is 31.9 Å². The number of hydrogen-bond acceptors (Lipinski definition) is 15. The lowest BCUT2D eigenvalue weighted by Gasteiger charge is -2.47. The highest BCUT2D eigenvalue weighted by Crippen LogP contribution is 2.34. The highest BCUT2D eigenvalue weighted by molar-refractivity contribution is 5.94. The van der Waals surface area contributed by atoms with Crippen LogP contribution in [0.5, 0.6) is 5.75 Å². The van der Waals surface area contributed by atoms with Crippen LogP contribution in [0.25, 0.3) is 0 Å². The standard InChI is InChI=1S/C35H53NO16/c1-17-25(38)27(40)28(41)34(48-17)52-30-21(12-13-47-23(30)15-36-32(43)19-8-10-20(46-2)11-9-19)50-35-29(42)31(26(39)24(16-37)51-35)49-22(33(44)45)14-18-6-4-3-5-7-18/h8-11,17-18,21-31,34-35,37-42H,3-7,12-16H2,1-2H3,(H,36,43)(H,44,45)/t17-,21+,22?,23+,24+,25+,26-,27+,28-,29+,30?,31-,34?,35+/m0/s1. The molecule has 14 atom stereocenters. The molecule has 1 aromatic rings. The van der Waals surface area contributed by atoms with Gasteiger partial charge in [-0.15, -0.1) is 0 Å². The van der Waals surface area contributed by atoms with E-state index in [0.717, 1.165) is 32.1 Å². The average Bonchev–Trinajstić information content (AvgIpc) is 3.15. The number of nitrogens with one attached hydrogen (secondary N) is 1. The van der Waals surface area contributed by atoms with E-state index in [0.29, 0.717) is 11.3 Å². The largest absolute Gasteiger partial charge is 0.497 e. The van der Waals surface area contributed by atoms with Gasteiger partial charge in [-0.3, -0.25) is 4.79 Å². The summed E-state index contributed by atoms with van der Waals surface area (Å²) in [6, 6.07) is 6.41. The fraction of sp³-hybridized carbons (Fsp3) is 0.771. The van der Waals surface area contributed by atoms with Gasteiger partial charge in [0.2, 0.25) is 0 Å². The van der Waals surface area contributed by atoms with Crippen LogP contribution >= 0.6 is 0 Å². The molecule has 17 nitrogen and oxygen atoms in total. The van der Waals surface area contributed by atoms with Crippen LogP contribution in [0.4, 0.5) is 0 Å². The van der Waals surface area contributed by atoms with E-state index in [1.54, 1.807) is 24.3 Å². The first kappa shape index (κ1) is 40.7. The third-order valence-corrected chi connectivity index (χ3v) is 10.4. The number of carbonyl (C=O) groups is 2. The van der Waals surface area contributed by atoms with Gasteiger partial charge in [0.1, 0.15) is 60.7 Å². The maximum atomic E-state index is 13.0. The Kier molecular flexibility index (Phi) is 14.6. The summed E-state index contributed by atoms with van der Waals surface area (Å²) in [5.74, 6) is -1.03. The van der Waals surface area contributed by atoms with Crippen molar-refractivity contribution in [3.05, 3.63) is 29.8 Å². The maximum Gasteiger partial charge on any atom is 0.332 e. The number of ether oxygens (including phenoxy) is 7. The Hall–Kier alpha value is -2.52. The van der Waals surface area contributed by atoms with Crippen molar-refractivity contribution in [3.63, 3.8) is 0 Å². The number of methoxy groups -OCH3 is 1. The Morgan fingerprint density at radius 2 is 1.54 bits per heavy atom. The van der Waals surface area contributed by atoms with Gasteiger partial charge in [0.25, 0.3) is 5.91 Å². The zero-order valence-corrected chi connectivity index (χ0v) is 29.3. The van der Waals surface area contributed by atoms with Crippen LogP contribution < -0.4 is 10.1 Å². The summed E-state index contributed by atoms with van der Waals surface area (Å²) in [4.78, 5) is 25.3. The van der Waals surface area contributed by atoms with Gasteiger partial charge in [-0.1, -0.05) is 32.1 Å². The number of hydrogen-bond donors (Lipinski definition) is 8. The molecule has 3 saturated heterocycles. The van der Waals surface area contributed by atoms with Gasteiger partial charge >= 0.3 is 5.97 Å². The van der Waals surface area contributed by atoms with Crippen molar-refractivity contribution >= 4 is 11.9 Å². The summed E-state index contributed by atoms with van der Waals surface area (Å²) >= 11 is 0. The summed E-state index contributed by atoms with van der Waals surface area (Å²) in [7, 11) is 1.50. The average molecular weight is 744 g/mol. The van der Waals surface area contributed by atoms with Crippen molar-refractivity contribution in [2.75, 3.05) is 26.9 Å². The molecule has 5 rings (SSSR count). The van der Waals surface area contributed by atoms with Crippen molar-refractivity contribution in [2.24, 2.45) is 5.92 Å². The quantitative estimate of drug-likeness (QED) is 0.114. The minimum atomic E-state index is -1.73.